The van der Waals surface area contributed by atoms with Crippen molar-refractivity contribution in [3.05, 3.63) is 12.7 Å². The van der Waals surface area contributed by atoms with Gasteiger partial charge in [0, 0.05) is 25.1 Å². The normalized spacial score (nSPS) is 21.9. The number of carbonyl (C=O) groups is 2. The van der Waals surface area contributed by atoms with Crippen molar-refractivity contribution in [2.75, 3.05) is 38.3 Å². The van der Waals surface area contributed by atoms with Crippen molar-refractivity contribution < 1.29 is 19.4 Å². The Morgan fingerprint density at radius 2 is 2.32 bits per heavy atom. The van der Waals surface area contributed by atoms with Crippen LogP contribution in [0.2, 0.25) is 0 Å². The number of likely N-dealkylation sites (N-methyl/N-ethyl adjacent to an activating group) is 1. The lowest BCUT2D eigenvalue weighted by molar-refractivity contribution is -0.142. The van der Waals surface area contributed by atoms with Crippen LogP contribution in [0.1, 0.15) is 0 Å². The van der Waals surface area contributed by atoms with Crippen molar-refractivity contribution in [2.24, 2.45) is 5.92 Å². The minimum absolute atomic E-state index is 0.160. The van der Waals surface area contributed by atoms with Crippen LogP contribution in [0.3, 0.4) is 0 Å². The summed E-state index contributed by atoms with van der Waals surface area (Å²) in [5.41, 5.74) is 0. The van der Waals surface area contributed by atoms with Gasteiger partial charge in [0.25, 0.3) is 0 Å². The lowest BCUT2D eigenvalue weighted by Crippen LogP contribution is -2.48. The Kier molecular flexibility index (Phi) is 6.72. The van der Waals surface area contributed by atoms with E-state index in [1.165, 1.54) is 4.90 Å². The molecule has 19 heavy (non-hydrogen) atoms. The Balaban J connectivity index is 2.35. The average Bonchev–Trinajstić information content (AvgIpc) is 2.86. The van der Waals surface area contributed by atoms with E-state index < -0.39 is 17.9 Å². The smallest absolute Gasteiger partial charge is 0.317 e. The van der Waals surface area contributed by atoms with E-state index in [0.29, 0.717) is 6.54 Å². The molecule has 1 saturated heterocycles. The van der Waals surface area contributed by atoms with Gasteiger partial charge in [0.05, 0.1) is 19.3 Å². The second-order valence-electron chi connectivity index (χ2n) is 4.26. The van der Waals surface area contributed by atoms with Crippen LogP contribution in [0.4, 0.5) is 4.79 Å². The number of carbonyl (C=O) groups excluding carboxylic acids is 1. The van der Waals surface area contributed by atoms with E-state index in [2.05, 4.69) is 11.9 Å². The monoisotopic (exact) mass is 288 g/mol. The van der Waals surface area contributed by atoms with Gasteiger partial charge < -0.3 is 20.1 Å². The van der Waals surface area contributed by atoms with E-state index in [1.807, 2.05) is 6.08 Å². The summed E-state index contributed by atoms with van der Waals surface area (Å²) in [6.45, 7) is 4.59. The molecule has 2 unspecified atom stereocenters. The summed E-state index contributed by atoms with van der Waals surface area (Å²) in [4.78, 5) is 24.3. The van der Waals surface area contributed by atoms with Gasteiger partial charge >= 0.3 is 12.0 Å². The van der Waals surface area contributed by atoms with Gasteiger partial charge in [-0.1, -0.05) is 6.08 Å². The standard InChI is InChI=1S/C12H20N2O4S/c1-3-5-19-6-4-13-12(17)14(2)10-8-18-7-9(10)11(15)16/h3,9-10H,1,4-8H2,2H3,(H,13,17)(H,15,16). The Bertz CT molecular complexity index is 338. The van der Waals surface area contributed by atoms with E-state index >= 15 is 0 Å². The van der Waals surface area contributed by atoms with Crippen LogP contribution >= 0.6 is 11.8 Å². The predicted octanol–water partition coefficient (Wildman–Crippen LogP) is 0.647. The summed E-state index contributed by atoms with van der Waals surface area (Å²) in [5.74, 6) is 0.0767. The maximum Gasteiger partial charge on any atom is 0.317 e. The highest BCUT2D eigenvalue weighted by atomic mass is 32.2. The van der Waals surface area contributed by atoms with Crippen LogP contribution in [-0.4, -0.2) is 66.4 Å². The molecule has 108 valence electrons. The molecular formula is C12H20N2O4S. The maximum atomic E-state index is 11.9. The molecule has 0 aromatic rings. The third kappa shape index (κ3) is 4.76. The van der Waals surface area contributed by atoms with Gasteiger partial charge in [-0.2, -0.15) is 11.8 Å². The molecular weight excluding hydrogens is 268 g/mol. The zero-order chi connectivity index (χ0) is 14.3. The van der Waals surface area contributed by atoms with Crippen LogP contribution in [0.5, 0.6) is 0 Å². The largest absolute Gasteiger partial charge is 0.481 e. The first kappa shape index (κ1) is 15.8. The van der Waals surface area contributed by atoms with Crippen molar-refractivity contribution in [1.29, 1.82) is 0 Å². The molecule has 0 bridgehead atoms. The van der Waals surface area contributed by atoms with Crippen molar-refractivity contribution in [3.63, 3.8) is 0 Å². The van der Waals surface area contributed by atoms with Gasteiger partial charge in [-0.15, -0.1) is 6.58 Å². The van der Waals surface area contributed by atoms with E-state index in [4.69, 9.17) is 9.84 Å². The molecule has 1 aliphatic heterocycles. The molecule has 0 radical (unpaired) electrons. The van der Waals surface area contributed by atoms with Gasteiger partial charge in [0.2, 0.25) is 0 Å². The first-order valence-electron chi connectivity index (χ1n) is 6.07. The molecule has 0 saturated carbocycles. The number of aliphatic carboxylic acids is 1. The van der Waals surface area contributed by atoms with Gasteiger partial charge in [-0.05, 0) is 0 Å². The number of carboxylic acid groups (broad SMARTS) is 1. The highest BCUT2D eigenvalue weighted by molar-refractivity contribution is 7.99. The van der Waals surface area contributed by atoms with Gasteiger partial charge in [0.1, 0.15) is 5.92 Å². The Morgan fingerprint density at radius 1 is 1.58 bits per heavy atom. The molecule has 0 aromatic carbocycles. The van der Waals surface area contributed by atoms with Crippen LogP contribution in [-0.2, 0) is 9.53 Å². The Morgan fingerprint density at radius 3 is 2.95 bits per heavy atom. The lowest BCUT2D eigenvalue weighted by Gasteiger charge is -2.26. The summed E-state index contributed by atoms with van der Waals surface area (Å²) < 4.78 is 5.14. The fourth-order valence-electron chi connectivity index (χ4n) is 1.83. The van der Waals surface area contributed by atoms with Crippen LogP contribution in [0.25, 0.3) is 0 Å². The summed E-state index contributed by atoms with van der Waals surface area (Å²) in [6, 6.07) is -0.667. The van der Waals surface area contributed by atoms with E-state index in [0.717, 1.165) is 11.5 Å². The summed E-state index contributed by atoms with van der Waals surface area (Å²) in [7, 11) is 1.60. The third-order valence-corrected chi connectivity index (χ3v) is 3.91. The maximum absolute atomic E-state index is 11.9. The summed E-state index contributed by atoms with van der Waals surface area (Å²) >= 11 is 1.67. The second-order valence-corrected chi connectivity index (χ2v) is 5.41. The SMILES string of the molecule is C=CCSCCNC(=O)N(C)C1COCC1C(=O)O. The second kappa shape index (κ2) is 8.06. The number of nitrogens with zero attached hydrogens (tertiary/aromatic N) is 1. The number of urea groups is 1. The minimum Gasteiger partial charge on any atom is -0.481 e. The van der Waals surface area contributed by atoms with Crippen LogP contribution in [0, 0.1) is 5.92 Å². The minimum atomic E-state index is -0.927. The van der Waals surface area contributed by atoms with Crippen molar-refractivity contribution in [1.82, 2.24) is 10.2 Å². The highest BCUT2D eigenvalue weighted by Gasteiger charge is 2.38. The molecule has 1 aliphatic rings. The Hall–Kier alpha value is -1.21. The van der Waals surface area contributed by atoms with Crippen molar-refractivity contribution in [3.8, 4) is 0 Å². The molecule has 0 spiro atoms. The molecule has 1 heterocycles. The number of ether oxygens (including phenoxy) is 1. The first-order valence-corrected chi connectivity index (χ1v) is 7.23. The molecule has 2 N–H and O–H groups in total. The molecule has 7 heteroatoms. The molecule has 2 atom stereocenters. The van der Waals surface area contributed by atoms with Gasteiger partial charge in [-0.25, -0.2) is 4.79 Å². The molecule has 1 fully saturated rings. The average molecular weight is 288 g/mol. The fraction of sp³-hybridized carbons (Fsp3) is 0.667. The molecule has 0 aliphatic carbocycles. The number of amides is 2. The van der Waals surface area contributed by atoms with E-state index in [1.54, 1.807) is 18.8 Å². The number of hydrogen-bond acceptors (Lipinski definition) is 4. The van der Waals surface area contributed by atoms with Crippen molar-refractivity contribution >= 4 is 23.8 Å². The topological polar surface area (TPSA) is 78.9 Å². The third-order valence-electron chi connectivity index (χ3n) is 2.94. The van der Waals surface area contributed by atoms with Gasteiger partial charge in [0.15, 0.2) is 0 Å². The number of hydrogen-bond donors (Lipinski definition) is 2. The van der Waals surface area contributed by atoms with Crippen LogP contribution < -0.4 is 5.32 Å². The van der Waals surface area contributed by atoms with Crippen molar-refractivity contribution in [2.45, 2.75) is 6.04 Å². The fourth-order valence-corrected chi connectivity index (χ4v) is 2.41. The number of rotatable bonds is 7. The molecule has 6 nitrogen and oxygen atoms in total. The zero-order valence-electron chi connectivity index (χ0n) is 11.0. The predicted molar refractivity (Wildman–Crippen MR) is 74.4 cm³/mol. The Labute approximate surface area is 117 Å². The quantitative estimate of drug-likeness (QED) is 0.531. The van der Waals surface area contributed by atoms with Crippen LogP contribution in [0.15, 0.2) is 12.7 Å². The van der Waals surface area contributed by atoms with E-state index in [-0.39, 0.29) is 19.2 Å². The molecule has 0 aromatic heterocycles. The molecule has 2 amide bonds. The number of carboxylic acids is 1. The summed E-state index contributed by atoms with van der Waals surface area (Å²) in [5, 5.41) is 11.8. The molecule has 1 rings (SSSR count). The summed E-state index contributed by atoms with van der Waals surface area (Å²) in [6.07, 6.45) is 1.81. The highest BCUT2D eigenvalue weighted by Crippen LogP contribution is 2.18. The zero-order valence-corrected chi connectivity index (χ0v) is 11.8. The lowest BCUT2D eigenvalue weighted by atomic mass is 10.0. The number of thioether (sulfide) groups is 1. The first-order chi connectivity index (χ1) is 9.07. The van der Waals surface area contributed by atoms with Gasteiger partial charge in [-0.3, -0.25) is 4.79 Å². The number of nitrogens with one attached hydrogen (secondary N) is 1. The van der Waals surface area contributed by atoms with E-state index in [9.17, 15) is 9.59 Å².